The predicted octanol–water partition coefficient (Wildman–Crippen LogP) is 5.59. The van der Waals surface area contributed by atoms with Crippen LogP contribution in [0.15, 0.2) is 35.1 Å². The smallest absolute Gasteiger partial charge is 0.193 e. The van der Waals surface area contributed by atoms with Gasteiger partial charge < -0.3 is 0 Å². The Morgan fingerprint density at radius 2 is 0.880 bits per heavy atom. The van der Waals surface area contributed by atoms with Crippen molar-refractivity contribution in [3.8, 4) is 0 Å². The Kier molecular flexibility index (Phi) is 5.69. The average molecular weight is 355 g/mol. The molecular formula is C22H26O2S. The molecule has 0 aliphatic carbocycles. The lowest BCUT2D eigenvalue weighted by atomic mass is 10.0. The summed E-state index contributed by atoms with van der Waals surface area (Å²) in [5, 5.41) is 2.57. The lowest BCUT2D eigenvalue weighted by molar-refractivity contribution is 0.613. The van der Waals surface area contributed by atoms with Gasteiger partial charge in [0.25, 0.3) is 0 Å². The van der Waals surface area contributed by atoms with Gasteiger partial charge in [-0.3, -0.25) is 0 Å². The maximum absolute atomic E-state index is 12.4. The SMILES string of the molecule is Cc1cc(C)c(C=CS(=O)(=O)C=Cc2c(C)cc(C)cc2C)c(C)c1. The van der Waals surface area contributed by atoms with Gasteiger partial charge in [-0.2, -0.15) is 0 Å². The molecule has 25 heavy (non-hydrogen) atoms. The van der Waals surface area contributed by atoms with Gasteiger partial charge in [0.05, 0.1) is 0 Å². The molecule has 0 unspecified atom stereocenters. The van der Waals surface area contributed by atoms with Crippen LogP contribution in [-0.2, 0) is 9.84 Å². The maximum atomic E-state index is 12.4. The Morgan fingerprint density at radius 3 is 1.16 bits per heavy atom. The fourth-order valence-electron chi connectivity index (χ4n) is 3.28. The van der Waals surface area contributed by atoms with Crippen LogP contribution in [0.4, 0.5) is 0 Å². The Balaban J connectivity index is 2.32. The summed E-state index contributed by atoms with van der Waals surface area (Å²) in [4.78, 5) is 0. The van der Waals surface area contributed by atoms with Gasteiger partial charge in [-0.05, 0) is 87.1 Å². The van der Waals surface area contributed by atoms with Crippen LogP contribution in [-0.4, -0.2) is 8.42 Å². The van der Waals surface area contributed by atoms with Crippen molar-refractivity contribution in [2.24, 2.45) is 0 Å². The van der Waals surface area contributed by atoms with Crippen LogP contribution < -0.4 is 0 Å². The van der Waals surface area contributed by atoms with E-state index in [2.05, 4.69) is 24.3 Å². The number of aryl methyl sites for hydroxylation is 6. The van der Waals surface area contributed by atoms with E-state index in [0.29, 0.717) is 0 Å². The van der Waals surface area contributed by atoms with Crippen LogP contribution in [0.2, 0.25) is 0 Å². The summed E-state index contributed by atoms with van der Waals surface area (Å²) in [5.74, 6) is 0. The summed E-state index contributed by atoms with van der Waals surface area (Å²) in [6.07, 6.45) is 3.39. The molecule has 0 heterocycles. The fraction of sp³-hybridized carbons (Fsp3) is 0.273. The normalized spacial score (nSPS) is 12.4. The molecule has 2 nitrogen and oxygen atoms in total. The fourth-order valence-corrected chi connectivity index (χ4v) is 4.02. The zero-order chi connectivity index (χ0) is 18.8. The largest absolute Gasteiger partial charge is 0.220 e. The summed E-state index contributed by atoms with van der Waals surface area (Å²) in [6, 6.07) is 8.25. The monoisotopic (exact) mass is 354 g/mol. The quantitative estimate of drug-likeness (QED) is 0.717. The van der Waals surface area contributed by atoms with Crippen molar-refractivity contribution in [1.82, 2.24) is 0 Å². The van der Waals surface area contributed by atoms with Gasteiger partial charge in [0.1, 0.15) is 0 Å². The number of hydrogen-bond acceptors (Lipinski definition) is 2. The summed E-state index contributed by atoms with van der Waals surface area (Å²) in [5.41, 5.74) is 8.61. The van der Waals surface area contributed by atoms with Crippen molar-refractivity contribution in [3.05, 3.63) is 79.6 Å². The van der Waals surface area contributed by atoms with Gasteiger partial charge in [0.15, 0.2) is 9.84 Å². The molecule has 2 aromatic rings. The second-order valence-electron chi connectivity index (χ2n) is 6.82. The van der Waals surface area contributed by atoms with Crippen molar-refractivity contribution in [2.75, 3.05) is 0 Å². The van der Waals surface area contributed by atoms with Gasteiger partial charge in [0, 0.05) is 10.8 Å². The van der Waals surface area contributed by atoms with Crippen LogP contribution in [0, 0.1) is 41.5 Å². The standard InChI is InChI=1S/C22H26O2S/c1-15-11-17(3)21(18(4)12-15)7-9-25(23,24)10-8-22-19(5)13-16(2)14-20(22)6/h7-14H,1-6H3. The van der Waals surface area contributed by atoms with Crippen LogP contribution in [0.5, 0.6) is 0 Å². The van der Waals surface area contributed by atoms with Gasteiger partial charge in [-0.25, -0.2) is 8.42 Å². The van der Waals surface area contributed by atoms with Gasteiger partial charge in [-0.1, -0.05) is 35.4 Å². The highest BCUT2D eigenvalue weighted by Gasteiger charge is 2.06. The lowest BCUT2D eigenvalue weighted by Gasteiger charge is -2.07. The molecular weight excluding hydrogens is 328 g/mol. The van der Waals surface area contributed by atoms with Crippen molar-refractivity contribution in [2.45, 2.75) is 41.5 Å². The third-order valence-electron chi connectivity index (χ3n) is 4.32. The predicted molar refractivity (Wildman–Crippen MR) is 108 cm³/mol. The first-order chi connectivity index (χ1) is 11.6. The average Bonchev–Trinajstić information content (AvgIpc) is 2.44. The molecule has 0 amide bonds. The Labute approximate surface area is 151 Å². The first-order valence-corrected chi connectivity index (χ1v) is 9.97. The first-order valence-electron chi connectivity index (χ1n) is 8.36. The molecule has 0 aliphatic rings. The Bertz CT molecular complexity index is 842. The van der Waals surface area contributed by atoms with E-state index in [0.717, 1.165) is 33.4 Å². The molecule has 0 atom stereocenters. The van der Waals surface area contributed by atoms with E-state index in [1.807, 2.05) is 41.5 Å². The highest BCUT2D eigenvalue weighted by Crippen LogP contribution is 2.20. The molecule has 2 aromatic carbocycles. The molecule has 0 bridgehead atoms. The first kappa shape index (κ1) is 19.2. The minimum atomic E-state index is -3.43. The van der Waals surface area contributed by atoms with Crippen molar-refractivity contribution in [3.63, 3.8) is 0 Å². The van der Waals surface area contributed by atoms with Crippen molar-refractivity contribution in [1.29, 1.82) is 0 Å². The number of benzene rings is 2. The van der Waals surface area contributed by atoms with Crippen LogP contribution in [0.3, 0.4) is 0 Å². The summed E-state index contributed by atoms with van der Waals surface area (Å²) in [7, 11) is -3.43. The molecule has 0 saturated carbocycles. The third-order valence-corrected chi connectivity index (χ3v) is 5.36. The lowest BCUT2D eigenvalue weighted by Crippen LogP contribution is -1.93. The van der Waals surface area contributed by atoms with E-state index < -0.39 is 9.84 Å². The molecule has 0 aromatic heterocycles. The zero-order valence-corrected chi connectivity index (χ0v) is 16.7. The van der Waals surface area contributed by atoms with Gasteiger partial charge in [-0.15, -0.1) is 0 Å². The minimum Gasteiger partial charge on any atom is -0.220 e. The molecule has 0 spiro atoms. The van der Waals surface area contributed by atoms with E-state index in [1.54, 1.807) is 12.2 Å². The Morgan fingerprint density at radius 1 is 0.600 bits per heavy atom. The molecule has 0 aliphatic heterocycles. The molecule has 2 rings (SSSR count). The summed E-state index contributed by atoms with van der Waals surface area (Å²) < 4.78 is 24.8. The van der Waals surface area contributed by atoms with Crippen LogP contribution in [0.25, 0.3) is 12.2 Å². The van der Waals surface area contributed by atoms with E-state index in [-0.39, 0.29) is 0 Å². The minimum absolute atomic E-state index is 0.963. The molecule has 0 fully saturated rings. The topological polar surface area (TPSA) is 34.1 Å². The van der Waals surface area contributed by atoms with E-state index in [9.17, 15) is 8.42 Å². The molecule has 132 valence electrons. The van der Waals surface area contributed by atoms with Crippen LogP contribution in [0.1, 0.15) is 44.5 Å². The second kappa shape index (κ2) is 7.40. The van der Waals surface area contributed by atoms with E-state index in [4.69, 9.17) is 0 Å². The molecule has 0 N–H and O–H groups in total. The number of sulfone groups is 1. The van der Waals surface area contributed by atoms with Gasteiger partial charge >= 0.3 is 0 Å². The molecule has 0 saturated heterocycles. The highest BCUT2D eigenvalue weighted by molar-refractivity contribution is 7.97. The zero-order valence-electron chi connectivity index (χ0n) is 15.8. The Hall–Kier alpha value is -2.13. The summed E-state index contributed by atoms with van der Waals surface area (Å²) in [6.45, 7) is 12.1. The van der Waals surface area contributed by atoms with Crippen molar-refractivity contribution >= 4 is 22.0 Å². The maximum Gasteiger partial charge on any atom is 0.193 e. The number of rotatable bonds is 4. The molecule has 3 heteroatoms. The summed E-state index contributed by atoms with van der Waals surface area (Å²) >= 11 is 0. The number of hydrogen-bond donors (Lipinski definition) is 0. The van der Waals surface area contributed by atoms with E-state index in [1.165, 1.54) is 21.9 Å². The highest BCUT2D eigenvalue weighted by atomic mass is 32.2. The van der Waals surface area contributed by atoms with Crippen molar-refractivity contribution < 1.29 is 8.42 Å². The van der Waals surface area contributed by atoms with Gasteiger partial charge in [0.2, 0.25) is 0 Å². The second-order valence-corrected chi connectivity index (χ2v) is 8.54. The van der Waals surface area contributed by atoms with Crippen LogP contribution >= 0.6 is 0 Å². The molecule has 0 radical (unpaired) electrons. The third kappa shape index (κ3) is 4.93. The van der Waals surface area contributed by atoms with E-state index >= 15 is 0 Å².